The van der Waals surface area contributed by atoms with Gasteiger partial charge >= 0.3 is 0 Å². The number of unbranched alkanes of at least 4 members (excludes halogenated alkanes) is 2. The number of allylic oxidation sites excluding steroid dienone is 1. The van der Waals surface area contributed by atoms with Gasteiger partial charge in [0.15, 0.2) is 0 Å². The summed E-state index contributed by atoms with van der Waals surface area (Å²) in [5.74, 6) is -0.181. The number of rotatable bonds is 25. The molecule has 12 heteroatoms. The van der Waals surface area contributed by atoms with Gasteiger partial charge in [-0.1, -0.05) is 60.5 Å². The maximum absolute atomic E-state index is 14.5. The van der Waals surface area contributed by atoms with Crippen molar-refractivity contribution in [2.75, 3.05) is 72.4 Å². The number of benzene rings is 2. The lowest BCUT2D eigenvalue weighted by molar-refractivity contribution is -0.258. The summed E-state index contributed by atoms with van der Waals surface area (Å²) in [5.41, 5.74) is 3.80. The molecule has 3 N–H and O–H groups in total. The number of carbonyl (C=O) groups is 1. The average Bonchev–Trinajstić information content (AvgIpc) is 4.18. The SMILES string of the molecule is C=CCO[C@@]12Oc3ccc(OCCN4CC4)cc3[C@H]3[C@H](CCCCO)[C@@H](CCCCO)C=C(C(=NOCc4ccccc4)C[C@@H]1N(CCOCCO)C(=O)C1CC1)[C@H]32. The predicted molar refractivity (Wildman–Crippen MR) is 220 cm³/mol. The van der Waals surface area contributed by atoms with Crippen LogP contribution in [0.1, 0.15) is 74.8 Å². The Hall–Kier alpha value is -3.78. The first-order valence-corrected chi connectivity index (χ1v) is 21.6. The molecule has 12 nitrogen and oxygen atoms in total. The number of nitrogens with zero attached hydrogens (tertiary/aromatic N) is 3. The molecule has 2 heterocycles. The van der Waals surface area contributed by atoms with Crippen molar-refractivity contribution >= 4 is 11.6 Å². The Bertz CT molecular complexity index is 1710. The molecule has 6 atom stereocenters. The van der Waals surface area contributed by atoms with Crippen LogP contribution in [0, 0.1) is 23.7 Å². The van der Waals surface area contributed by atoms with E-state index >= 15 is 0 Å². The molecule has 0 bridgehead atoms. The number of hydrogen-bond donors (Lipinski definition) is 3. The minimum absolute atomic E-state index is 0.0365. The molecule has 1 saturated heterocycles. The second kappa shape index (κ2) is 20.5. The van der Waals surface area contributed by atoms with Gasteiger partial charge in [-0.2, -0.15) is 0 Å². The highest BCUT2D eigenvalue weighted by molar-refractivity contribution is 6.03. The molecule has 316 valence electrons. The van der Waals surface area contributed by atoms with E-state index in [1.807, 2.05) is 47.4 Å². The predicted octanol–water partition coefficient (Wildman–Crippen LogP) is 5.46. The molecule has 3 fully saturated rings. The zero-order chi connectivity index (χ0) is 40.3. The minimum Gasteiger partial charge on any atom is -0.492 e. The van der Waals surface area contributed by atoms with Crippen LogP contribution in [0.3, 0.4) is 0 Å². The van der Waals surface area contributed by atoms with E-state index < -0.39 is 17.7 Å². The number of ether oxygens (including phenoxy) is 4. The summed E-state index contributed by atoms with van der Waals surface area (Å²) in [6.45, 7) is 9.04. The quantitative estimate of drug-likeness (QED) is 0.0513. The highest BCUT2D eigenvalue weighted by atomic mass is 16.7. The fourth-order valence-electron chi connectivity index (χ4n) is 9.40. The van der Waals surface area contributed by atoms with Crippen LogP contribution in [0.5, 0.6) is 11.5 Å². The number of amides is 1. The van der Waals surface area contributed by atoms with Crippen molar-refractivity contribution in [3.63, 3.8) is 0 Å². The maximum Gasteiger partial charge on any atom is 0.239 e. The Labute approximate surface area is 343 Å². The number of oxime groups is 1. The Morgan fingerprint density at radius 1 is 0.983 bits per heavy atom. The van der Waals surface area contributed by atoms with Crippen LogP contribution in [-0.4, -0.2) is 121 Å². The number of hydrogen-bond acceptors (Lipinski definition) is 11. The van der Waals surface area contributed by atoms with Gasteiger partial charge in [0.1, 0.15) is 30.8 Å². The third kappa shape index (κ3) is 9.97. The molecule has 58 heavy (non-hydrogen) atoms. The normalized spacial score (nSPS) is 26.6. The van der Waals surface area contributed by atoms with Gasteiger partial charge in [0.25, 0.3) is 0 Å². The van der Waals surface area contributed by atoms with Crippen molar-refractivity contribution in [3.8, 4) is 11.5 Å². The van der Waals surface area contributed by atoms with Gasteiger partial charge in [-0.25, -0.2) is 0 Å². The summed E-state index contributed by atoms with van der Waals surface area (Å²) in [6.07, 6.45) is 10.9. The lowest BCUT2D eigenvalue weighted by Crippen LogP contribution is -2.70. The zero-order valence-corrected chi connectivity index (χ0v) is 33.9. The van der Waals surface area contributed by atoms with E-state index in [0.29, 0.717) is 31.6 Å². The summed E-state index contributed by atoms with van der Waals surface area (Å²) in [5, 5.41) is 34.3. The van der Waals surface area contributed by atoms with Crippen LogP contribution < -0.4 is 9.47 Å². The fraction of sp³-hybridized carbons (Fsp3) is 0.609. The highest BCUT2D eigenvalue weighted by Gasteiger charge is 2.66. The van der Waals surface area contributed by atoms with Gasteiger partial charge < -0.3 is 44.0 Å². The second-order valence-electron chi connectivity index (χ2n) is 16.4. The Balaban J connectivity index is 1.39. The number of aliphatic hydroxyl groups excluding tert-OH is 3. The van der Waals surface area contributed by atoms with E-state index in [9.17, 15) is 20.1 Å². The molecule has 3 aliphatic carbocycles. The number of carbonyl (C=O) groups excluding carboxylic acids is 1. The van der Waals surface area contributed by atoms with Crippen LogP contribution in [0.2, 0.25) is 0 Å². The Morgan fingerprint density at radius 3 is 2.50 bits per heavy atom. The van der Waals surface area contributed by atoms with Crippen LogP contribution in [0.4, 0.5) is 0 Å². The van der Waals surface area contributed by atoms with Gasteiger partial charge in [-0.05, 0) is 79.7 Å². The number of fused-ring (bicyclic) bond motifs is 2. The smallest absolute Gasteiger partial charge is 0.239 e. The molecule has 7 rings (SSSR count). The molecule has 2 aromatic carbocycles. The topological polar surface area (TPSA) is 143 Å². The van der Waals surface area contributed by atoms with Crippen molar-refractivity contribution in [2.45, 2.75) is 82.1 Å². The summed E-state index contributed by atoms with van der Waals surface area (Å²) in [7, 11) is 0. The molecule has 1 amide bonds. The van der Waals surface area contributed by atoms with Crippen molar-refractivity contribution in [3.05, 3.63) is 84.0 Å². The van der Waals surface area contributed by atoms with Crippen LogP contribution in [0.15, 0.2) is 78.0 Å². The monoisotopic (exact) mass is 801 g/mol. The molecule has 2 saturated carbocycles. The van der Waals surface area contributed by atoms with E-state index in [0.717, 1.165) is 86.3 Å². The van der Waals surface area contributed by atoms with Gasteiger partial charge in [0, 0.05) is 63.2 Å². The summed E-state index contributed by atoms with van der Waals surface area (Å²) >= 11 is 0. The largest absolute Gasteiger partial charge is 0.492 e. The third-order valence-electron chi connectivity index (χ3n) is 12.4. The summed E-state index contributed by atoms with van der Waals surface area (Å²) in [4.78, 5) is 25.0. The lowest BCUT2D eigenvalue weighted by atomic mass is 9.55. The van der Waals surface area contributed by atoms with Crippen molar-refractivity contribution in [2.24, 2.45) is 28.8 Å². The minimum atomic E-state index is -1.33. The fourth-order valence-corrected chi connectivity index (χ4v) is 9.40. The van der Waals surface area contributed by atoms with E-state index in [-0.39, 0.29) is 82.4 Å². The van der Waals surface area contributed by atoms with Crippen LogP contribution in [0.25, 0.3) is 0 Å². The van der Waals surface area contributed by atoms with Gasteiger partial charge in [0.2, 0.25) is 11.7 Å². The number of aliphatic hydroxyl groups is 3. The molecular formula is C46H63N3O9. The Morgan fingerprint density at radius 2 is 1.78 bits per heavy atom. The first-order valence-electron chi connectivity index (χ1n) is 21.6. The molecule has 5 aliphatic rings. The molecule has 2 aromatic rings. The zero-order valence-electron chi connectivity index (χ0n) is 33.9. The lowest BCUT2D eigenvalue weighted by Gasteiger charge is -2.60. The molecule has 0 unspecified atom stereocenters. The third-order valence-corrected chi connectivity index (χ3v) is 12.4. The molecule has 0 aromatic heterocycles. The maximum atomic E-state index is 14.5. The first-order chi connectivity index (χ1) is 28.5. The van der Waals surface area contributed by atoms with Crippen molar-refractivity contribution in [1.82, 2.24) is 9.80 Å². The van der Waals surface area contributed by atoms with Gasteiger partial charge in [-0.3, -0.25) is 9.69 Å². The summed E-state index contributed by atoms with van der Waals surface area (Å²) in [6, 6.07) is 15.5. The van der Waals surface area contributed by atoms with E-state index in [2.05, 4.69) is 23.6 Å². The Kier molecular flexibility index (Phi) is 14.9. The molecular weight excluding hydrogens is 739 g/mol. The standard InChI is InChI=1S/C46H63N3O9/c1-2-25-56-46-42(49(21-26-54-28-24-52)45(53)34-14-15-34)31-40(47-57-32-33-10-4-3-5-11-33)38-29-35(12-6-8-22-50)37(13-7-9-23-51)43(44(38)46)39-30-36(16-17-41(39)58-46)55-27-20-48-18-19-48/h2-5,10-11,16-17,29-30,34-35,37,42-44,50-52H,1,6-9,12-15,18-28,31-32H2/t35-,37+,42-,43+,44+,46+/m0/s1. The summed E-state index contributed by atoms with van der Waals surface area (Å²) < 4.78 is 26.6. The molecule has 2 aliphatic heterocycles. The average molecular weight is 802 g/mol. The van der Waals surface area contributed by atoms with Crippen LogP contribution >= 0.6 is 0 Å². The van der Waals surface area contributed by atoms with Gasteiger partial charge in [-0.15, -0.1) is 6.58 Å². The van der Waals surface area contributed by atoms with E-state index in [1.54, 1.807) is 6.08 Å². The highest BCUT2D eigenvalue weighted by Crippen LogP contribution is 2.62. The van der Waals surface area contributed by atoms with E-state index in [4.69, 9.17) is 28.9 Å². The van der Waals surface area contributed by atoms with Crippen molar-refractivity contribution < 1.29 is 43.9 Å². The second-order valence-corrected chi connectivity index (χ2v) is 16.4. The van der Waals surface area contributed by atoms with Gasteiger partial charge in [0.05, 0.1) is 38.1 Å². The van der Waals surface area contributed by atoms with Crippen molar-refractivity contribution in [1.29, 1.82) is 0 Å². The first kappa shape index (κ1) is 42.3. The van der Waals surface area contributed by atoms with Crippen LogP contribution in [-0.2, 0) is 25.7 Å². The van der Waals surface area contributed by atoms with E-state index in [1.165, 1.54) is 0 Å². The molecule has 0 spiro atoms. The molecule has 0 radical (unpaired) electrons.